The van der Waals surface area contributed by atoms with E-state index in [9.17, 15) is 9.90 Å². The van der Waals surface area contributed by atoms with Gasteiger partial charge in [0.25, 0.3) is 0 Å². The highest BCUT2D eigenvalue weighted by Gasteiger charge is 2.44. The van der Waals surface area contributed by atoms with Gasteiger partial charge in [-0.3, -0.25) is 0 Å². The Morgan fingerprint density at radius 1 is 1.52 bits per heavy atom. The van der Waals surface area contributed by atoms with Crippen LogP contribution in [0.15, 0.2) is 12.0 Å². The van der Waals surface area contributed by atoms with E-state index in [0.717, 1.165) is 18.6 Å². The first kappa shape index (κ1) is 16.4. The van der Waals surface area contributed by atoms with Gasteiger partial charge in [0.1, 0.15) is 12.0 Å². The number of piperidine rings is 1. The van der Waals surface area contributed by atoms with Crippen molar-refractivity contribution < 1.29 is 19.1 Å². The van der Waals surface area contributed by atoms with Gasteiger partial charge in [0.2, 0.25) is 0 Å². The minimum atomic E-state index is -1.91. The maximum absolute atomic E-state index is 11.5. The molecule has 0 aromatic heterocycles. The average Bonchev–Trinajstić information content (AvgIpc) is 3.13. The van der Waals surface area contributed by atoms with Crippen molar-refractivity contribution in [3.8, 4) is 0 Å². The maximum Gasteiger partial charge on any atom is 0.407 e. The molecule has 5 nitrogen and oxygen atoms in total. The van der Waals surface area contributed by atoms with Gasteiger partial charge in [-0.05, 0) is 31.0 Å². The Kier molecular flexibility index (Phi) is 4.40. The molecule has 0 unspecified atom stereocenters. The second-order valence-corrected chi connectivity index (χ2v) is 12.3. The summed E-state index contributed by atoms with van der Waals surface area (Å²) in [6.45, 7) is 11.6. The van der Waals surface area contributed by atoms with E-state index in [4.69, 9.17) is 9.16 Å². The number of hydrogen-bond acceptors (Lipinski definition) is 3. The molecule has 0 saturated carbocycles. The number of carbonyl (C=O) groups is 1. The van der Waals surface area contributed by atoms with Crippen LogP contribution in [-0.4, -0.2) is 43.1 Å². The molecule has 2 rings (SSSR count). The molecule has 2 atom stereocenters. The third-order valence-corrected chi connectivity index (χ3v) is 9.41. The maximum atomic E-state index is 11.5. The molecule has 1 amide bonds. The van der Waals surface area contributed by atoms with E-state index < -0.39 is 14.4 Å². The standard InChI is InChI=1S/C15H27NO4Si/c1-15(2,3)21(4,5)20-13-7-6-8-16(14(17)18)12(13)9-11-10-19-11/h10,12-13H,6-9H2,1-5H3,(H,17,18)/t12-,13+/m1/s1. The summed E-state index contributed by atoms with van der Waals surface area (Å²) < 4.78 is 11.6. The van der Waals surface area contributed by atoms with Crippen LogP contribution in [0.4, 0.5) is 4.79 Å². The minimum Gasteiger partial charge on any atom is -0.465 e. The molecule has 0 bridgehead atoms. The van der Waals surface area contributed by atoms with Gasteiger partial charge < -0.3 is 19.2 Å². The summed E-state index contributed by atoms with van der Waals surface area (Å²) in [6.07, 6.45) is 3.23. The number of ether oxygens (including phenoxy) is 1. The van der Waals surface area contributed by atoms with E-state index in [0.29, 0.717) is 13.0 Å². The van der Waals surface area contributed by atoms with Crippen molar-refractivity contribution in [1.29, 1.82) is 0 Å². The molecular weight excluding hydrogens is 286 g/mol. The van der Waals surface area contributed by atoms with E-state index >= 15 is 0 Å². The van der Waals surface area contributed by atoms with Crippen molar-refractivity contribution in [2.75, 3.05) is 6.54 Å². The van der Waals surface area contributed by atoms with Crippen LogP contribution >= 0.6 is 0 Å². The van der Waals surface area contributed by atoms with Crippen molar-refractivity contribution >= 4 is 14.4 Å². The first-order valence-corrected chi connectivity index (χ1v) is 10.6. The number of likely N-dealkylation sites (tertiary alicyclic amines) is 1. The third-order valence-electron chi connectivity index (χ3n) is 4.91. The fraction of sp³-hybridized carbons (Fsp3) is 0.800. The Bertz CT molecular complexity index is 441. The lowest BCUT2D eigenvalue weighted by Gasteiger charge is -2.45. The Morgan fingerprint density at radius 2 is 2.14 bits per heavy atom. The van der Waals surface area contributed by atoms with Crippen LogP contribution in [-0.2, 0) is 9.16 Å². The smallest absolute Gasteiger partial charge is 0.407 e. The van der Waals surface area contributed by atoms with Gasteiger partial charge in [0, 0.05) is 13.0 Å². The van der Waals surface area contributed by atoms with Crippen LogP contribution in [0, 0.1) is 0 Å². The van der Waals surface area contributed by atoms with Gasteiger partial charge in [-0.25, -0.2) is 4.79 Å². The van der Waals surface area contributed by atoms with Crippen molar-refractivity contribution in [3.05, 3.63) is 12.0 Å². The number of carboxylic acid groups (broad SMARTS) is 1. The van der Waals surface area contributed by atoms with Gasteiger partial charge in [0.05, 0.1) is 12.1 Å². The van der Waals surface area contributed by atoms with Crippen molar-refractivity contribution in [2.24, 2.45) is 0 Å². The first-order chi connectivity index (χ1) is 9.62. The number of hydrogen-bond donors (Lipinski definition) is 1. The number of nitrogens with zero attached hydrogens (tertiary/aromatic N) is 1. The average molecular weight is 313 g/mol. The van der Waals surface area contributed by atoms with Crippen LogP contribution in [0.5, 0.6) is 0 Å². The molecule has 0 spiro atoms. The highest BCUT2D eigenvalue weighted by Crippen LogP contribution is 2.40. The molecule has 1 saturated heterocycles. The lowest BCUT2D eigenvalue weighted by molar-refractivity contribution is 0.0216. The van der Waals surface area contributed by atoms with Crippen LogP contribution < -0.4 is 0 Å². The quantitative estimate of drug-likeness (QED) is 0.802. The number of rotatable bonds is 4. The SMILES string of the molecule is CC(C)(C)[Si](C)(C)O[C@H]1CCCN(C(=O)O)[C@@H]1CC1=CO1. The van der Waals surface area contributed by atoms with E-state index in [1.165, 1.54) is 4.90 Å². The van der Waals surface area contributed by atoms with Crippen LogP contribution in [0.2, 0.25) is 18.1 Å². The molecule has 21 heavy (non-hydrogen) atoms. The summed E-state index contributed by atoms with van der Waals surface area (Å²) in [4.78, 5) is 13.0. The zero-order valence-corrected chi connectivity index (χ0v) is 14.7. The predicted octanol–water partition coefficient (Wildman–Crippen LogP) is 3.78. The predicted molar refractivity (Wildman–Crippen MR) is 83.6 cm³/mol. The van der Waals surface area contributed by atoms with Crippen LogP contribution in [0.1, 0.15) is 40.0 Å². The van der Waals surface area contributed by atoms with Gasteiger partial charge in [-0.2, -0.15) is 0 Å². The molecule has 0 aromatic rings. The van der Waals surface area contributed by atoms with E-state index in [1.807, 2.05) is 0 Å². The van der Waals surface area contributed by atoms with Crippen molar-refractivity contribution in [3.63, 3.8) is 0 Å². The van der Waals surface area contributed by atoms with Gasteiger partial charge >= 0.3 is 6.09 Å². The summed E-state index contributed by atoms with van der Waals surface area (Å²) in [6, 6.07) is -0.126. The molecule has 1 fully saturated rings. The largest absolute Gasteiger partial charge is 0.465 e. The second-order valence-electron chi connectivity index (χ2n) is 7.51. The zero-order valence-electron chi connectivity index (χ0n) is 13.7. The molecule has 6 heteroatoms. The van der Waals surface area contributed by atoms with Crippen molar-refractivity contribution in [2.45, 2.75) is 70.3 Å². The monoisotopic (exact) mass is 313 g/mol. The third kappa shape index (κ3) is 3.80. The summed E-state index contributed by atoms with van der Waals surface area (Å²) in [5.41, 5.74) is 0. The Labute approximate surface area is 128 Å². The normalized spacial score (nSPS) is 26.1. The fourth-order valence-corrected chi connectivity index (χ4v) is 3.92. The van der Waals surface area contributed by atoms with E-state index in [-0.39, 0.29) is 17.2 Å². The zero-order chi connectivity index (χ0) is 15.8. The summed E-state index contributed by atoms with van der Waals surface area (Å²) in [5.74, 6) is 0.886. The van der Waals surface area contributed by atoms with Gasteiger partial charge in [-0.1, -0.05) is 20.8 Å². The molecular formula is C15H27NO4Si. The first-order valence-electron chi connectivity index (χ1n) is 7.65. The molecule has 0 radical (unpaired) electrons. The molecule has 0 aromatic carbocycles. The summed E-state index contributed by atoms with van der Waals surface area (Å²) in [5, 5.41) is 9.56. The molecule has 0 aliphatic carbocycles. The molecule has 2 aliphatic rings. The summed E-state index contributed by atoms with van der Waals surface area (Å²) >= 11 is 0. The van der Waals surface area contributed by atoms with E-state index in [2.05, 4.69) is 33.9 Å². The Morgan fingerprint density at radius 3 is 2.62 bits per heavy atom. The topological polar surface area (TPSA) is 62.3 Å². The van der Waals surface area contributed by atoms with Crippen molar-refractivity contribution in [1.82, 2.24) is 4.90 Å². The lowest BCUT2D eigenvalue weighted by Crippen LogP contribution is -2.55. The molecule has 2 aliphatic heterocycles. The van der Waals surface area contributed by atoms with Crippen LogP contribution in [0.25, 0.3) is 0 Å². The summed E-state index contributed by atoms with van der Waals surface area (Å²) in [7, 11) is -1.91. The number of amides is 1. The highest BCUT2D eigenvalue weighted by molar-refractivity contribution is 6.74. The Hall–Kier alpha value is -1.01. The molecule has 2 heterocycles. The highest BCUT2D eigenvalue weighted by atomic mass is 28.4. The second kappa shape index (κ2) is 5.65. The fourth-order valence-electron chi connectivity index (χ4n) is 2.54. The van der Waals surface area contributed by atoms with Gasteiger partial charge in [0.15, 0.2) is 8.32 Å². The lowest BCUT2D eigenvalue weighted by atomic mass is 9.96. The van der Waals surface area contributed by atoms with E-state index in [1.54, 1.807) is 6.26 Å². The minimum absolute atomic E-state index is 0.0270. The molecule has 120 valence electrons. The molecule has 1 N–H and O–H groups in total. The Balaban J connectivity index is 2.14. The van der Waals surface area contributed by atoms with Gasteiger partial charge in [-0.15, -0.1) is 0 Å². The van der Waals surface area contributed by atoms with Crippen LogP contribution in [0.3, 0.4) is 0 Å².